The van der Waals surface area contributed by atoms with Gasteiger partial charge in [0.15, 0.2) is 0 Å². The number of rotatable bonds is 4. The highest BCUT2D eigenvalue weighted by molar-refractivity contribution is 6.43. The number of para-hydroxylation sites is 1. The number of halogens is 2. The number of nitrogens with one attached hydrogen (secondary N) is 2. The molecule has 2 N–H and O–H groups in total. The van der Waals surface area contributed by atoms with E-state index >= 15 is 0 Å². The van der Waals surface area contributed by atoms with Crippen molar-refractivity contribution >= 4 is 28.9 Å². The molecule has 0 unspecified atom stereocenters. The van der Waals surface area contributed by atoms with Crippen LogP contribution in [0.1, 0.15) is 24.0 Å². The number of aryl methyl sites for hydroxylation is 1. The lowest BCUT2D eigenvalue weighted by Crippen LogP contribution is -2.45. The van der Waals surface area contributed by atoms with Crippen LogP contribution >= 0.6 is 0 Å². The Hall–Kier alpha value is -3.42. The summed E-state index contributed by atoms with van der Waals surface area (Å²) in [6.45, 7) is 0. The van der Waals surface area contributed by atoms with Gasteiger partial charge in [-0.3, -0.25) is 9.59 Å². The minimum Gasteiger partial charge on any atom is -0.339 e. The summed E-state index contributed by atoms with van der Waals surface area (Å²) in [5.41, 5.74) is 2.05. The molecule has 2 heterocycles. The zero-order valence-corrected chi connectivity index (χ0v) is 15.4. The normalized spacial score (nSPS) is 18.3. The number of hydrogen-bond donors (Lipinski definition) is 2. The summed E-state index contributed by atoms with van der Waals surface area (Å²) in [7, 11) is 0. The number of anilines is 1. The third kappa shape index (κ3) is 4.06. The molecule has 0 bridgehead atoms. The predicted octanol–water partition coefficient (Wildman–Crippen LogP) is 2.78. The first-order valence-electron chi connectivity index (χ1n) is 9.26. The van der Waals surface area contributed by atoms with Crippen molar-refractivity contribution in [1.29, 1.82) is 0 Å². The van der Waals surface area contributed by atoms with Crippen LogP contribution in [0.15, 0.2) is 52.7 Å². The van der Waals surface area contributed by atoms with Crippen molar-refractivity contribution in [3.05, 3.63) is 65.2 Å². The fourth-order valence-electron chi connectivity index (χ4n) is 3.42. The van der Waals surface area contributed by atoms with Gasteiger partial charge in [-0.05, 0) is 36.1 Å². The Balaban J connectivity index is 1.36. The van der Waals surface area contributed by atoms with Crippen LogP contribution < -0.4 is 10.6 Å². The van der Waals surface area contributed by atoms with Gasteiger partial charge in [0.1, 0.15) is 23.4 Å². The van der Waals surface area contributed by atoms with Gasteiger partial charge < -0.3 is 10.6 Å². The van der Waals surface area contributed by atoms with Crippen molar-refractivity contribution in [3.8, 4) is 0 Å². The Kier molecular flexibility index (Phi) is 5.16. The van der Waals surface area contributed by atoms with E-state index in [1.54, 1.807) is 30.3 Å². The van der Waals surface area contributed by atoms with Crippen molar-refractivity contribution < 1.29 is 18.4 Å². The number of hydrogen-bond acceptors (Lipinski definition) is 4. The molecule has 2 aliphatic rings. The Morgan fingerprint density at radius 3 is 2.72 bits per heavy atom. The van der Waals surface area contributed by atoms with Gasteiger partial charge in [-0.2, -0.15) is 5.10 Å². The zero-order valence-electron chi connectivity index (χ0n) is 15.4. The molecule has 2 aromatic rings. The van der Waals surface area contributed by atoms with Crippen LogP contribution in [0.5, 0.6) is 0 Å². The lowest BCUT2D eigenvalue weighted by molar-refractivity contribution is -0.123. The Labute approximate surface area is 165 Å². The standard InChI is InChI=1S/C21H18F2N4O2/c22-15-6-2-1-4-13(15)10-14-11-18(27-26-14)21(29)24-17-9-8-12-5-3-7-16(23)19(12)25-20(17)28/h1-7,17H,8-11H2,(H,24,29)(H,25,28)/t17-/m0/s1. The molecule has 6 nitrogen and oxygen atoms in total. The van der Waals surface area contributed by atoms with Crippen molar-refractivity contribution in [2.45, 2.75) is 31.7 Å². The highest BCUT2D eigenvalue weighted by Gasteiger charge is 2.29. The van der Waals surface area contributed by atoms with Crippen LogP contribution in [0, 0.1) is 11.6 Å². The van der Waals surface area contributed by atoms with E-state index in [9.17, 15) is 18.4 Å². The summed E-state index contributed by atoms with van der Waals surface area (Å²) in [6, 6.07) is 10.1. The van der Waals surface area contributed by atoms with Gasteiger partial charge in [0.2, 0.25) is 5.91 Å². The average molecular weight is 396 g/mol. The minimum atomic E-state index is -0.812. The maximum atomic E-state index is 13.9. The SMILES string of the molecule is O=C(N[C@H]1CCc2cccc(F)c2NC1=O)C1=NN=C(Cc2ccccc2F)C1. The fourth-order valence-corrected chi connectivity index (χ4v) is 3.42. The summed E-state index contributed by atoms with van der Waals surface area (Å²) in [5.74, 6) is -1.83. The van der Waals surface area contributed by atoms with E-state index in [0.29, 0.717) is 29.7 Å². The van der Waals surface area contributed by atoms with E-state index in [2.05, 4.69) is 20.8 Å². The van der Waals surface area contributed by atoms with Crippen molar-refractivity contribution in [2.75, 3.05) is 5.32 Å². The third-order valence-electron chi connectivity index (χ3n) is 4.97. The topological polar surface area (TPSA) is 82.9 Å². The van der Waals surface area contributed by atoms with Gasteiger partial charge in [0, 0.05) is 12.8 Å². The molecular weight excluding hydrogens is 378 g/mol. The maximum Gasteiger partial charge on any atom is 0.268 e. The van der Waals surface area contributed by atoms with E-state index in [-0.39, 0.29) is 30.1 Å². The maximum absolute atomic E-state index is 13.9. The van der Waals surface area contributed by atoms with Crippen LogP contribution in [-0.2, 0) is 22.4 Å². The first-order chi connectivity index (χ1) is 14.0. The largest absolute Gasteiger partial charge is 0.339 e. The summed E-state index contributed by atoms with van der Waals surface area (Å²) < 4.78 is 27.7. The molecule has 2 amide bonds. The molecule has 29 heavy (non-hydrogen) atoms. The molecule has 0 aromatic heterocycles. The van der Waals surface area contributed by atoms with Crippen molar-refractivity contribution in [2.24, 2.45) is 10.2 Å². The van der Waals surface area contributed by atoms with Gasteiger partial charge in [0.05, 0.1) is 11.4 Å². The quantitative estimate of drug-likeness (QED) is 0.833. The summed E-state index contributed by atoms with van der Waals surface area (Å²) in [6.07, 6.45) is 1.22. The van der Waals surface area contributed by atoms with E-state index in [4.69, 9.17) is 0 Å². The average Bonchev–Trinajstić information content (AvgIpc) is 3.11. The highest BCUT2D eigenvalue weighted by Crippen LogP contribution is 2.25. The van der Waals surface area contributed by atoms with Crippen LogP contribution in [0.4, 0.5) is 14.5 Å². The van der Waals surface area contributed by atoms with Crippen LogP contribution in [-0.4, -0.2) is 29.3 Å². The smallest absolute Gasteiger partial charge is 0.268 e. The van der Waals surface area contributed by atoms with Crippen molar-refractivity contribution in [1.82, 2.24) is 5.32 Å². The monoisotopic (exact) mass is 396 g/mol. The van der Waals surface area contributed by atoms with E-state index < -0.39 is 23.7 Å². The van der Waals surface area contributed by atoms with Crippen LogP contribution in [0.3, 0.4) is 0 Å². The first-order valence-corrected chi connectivity index (χ1v) is 9.26. The second-order valence-electron chi connectivity index (χ2n) is 6.99. The number of carbonyl (C=O) groups excluding carboxylic acids is 2. The van der Waals surface area contributed by atoms with E-state index in [1.165, 1.54) is 12.1 Å². The van der Waals surface area contributed by atoms with E-state index in [1.807, 2.05) is 0 Å². The molecule has 8 heteroatoms. The Morgan fingerprint density at radius 2 is 1.90 bits per heavy atom. The summed E-state index contributed by atoms with van der Waals surface area (Å²) >= 11 is 0. The molecule has 2 aromatic carbocycles. The molecule has 2 aliphatic heterocycles. The second kappa shape index (κ2) is 7.90. The lowest BCUT2D eigenvalue weighted by atomic mass is 10.0. The molecule has 0 aliphatic carbocycles. The Morgan fingerprint density at radius 1 is 1.10 bits per heavy atom. The number of carbonyl (C=O) groups is 2. The number of fused-ring (bicyclic) bond motifs is 1. The molecular formula is C21H18F2N4O2. The van der Waals surface area contributed by atoms with Gasteiger partial charge in [-0.1, -0.05) is 30.3 Å². The molecule has 0 spiro atoms. The molecule has 0 fully saturated rings. The molecule has 0 saturated heterocycles. The number of benzene rings is 2. The molecule has 148 valence electrons. The van der Waals surface area contributed by atoms with Gasteiger partial charge in [0.25, 0.3) is 5.91 Å². The second-order valence-corrected chi connectivity index (χ2v) is 6.99. The van der Waals surface area contributed by atoms with Crippen LogP contribution in [0.2, 0.25) is 0 Å². The number of nitrogens with zero attached hydrogens (tertiary/aromatic N) is 2. The van der Waals surface area contributed by atoms with Gasteiger partial charge in [-0.25, -0.2) is 8.78 Å². The third-order valence-corrected chi connectivity index (χ3v) is 4.97. The Bertz CT molecular complexity index is 1050. The van der Waals surface area contributed by atoms with Gasteiger partial charge in [-0.15, -0.1) is 5.10 Å². The summed E-state index contributed by atoms with van der Waals surface area (Å²) in [4.78, 5) is 25.0. The molecule has 1 atom stereocenters. The van der Waals surface area contributed by atoms with Crippen LogP contribution in [0.25, 0.3) is 0 Å². The minimum absolute atomic E-state index is 0.156. The zero-order chi connectivity index (χ0) is 20.4. The van der Waals surface area contributed by atoms with E-state index in [0.717, 1.165) is 0 Å². The molecule has 0 saturated carbocycles. The highest BCUT2D eigenvalue weighted by atomic mass is 19.1. The lowest BCUT2D eigenvalue weighted by Gasteiger charge is -2.15. The summed E-state index contributed by atoms with van der Waals surface area (Å²) in [5, 5.41) is 13.1. The molecule has 0 radical (unpaired) electrons. The number of amides is 2. The fraction of sp³-hybridized carbons (Fsp3) is 0.238. The van der Waals surface area contributed by atoms with Gasteiger partial charge >= 0.3 is 0 Å². The predicted molar refractivity (Wildman–Crippen MR) is 105 cm³/mol. The molecule has 4 rings (SSSR count). The van der Waals surface area contributed by atoms with Crippen molar-refractivity contribution in [3.63, 3.8) is 0 Å². The first kappa shape index (κ1) is 18.9.